The quantitative estimate of drug-likeness (QED) is 0.183. The van der Waals surface area contributed by atoms with E-state index in [0.29, 0.717) is 22.0 Å². The number of nitriles is 1. The van der Waals surface area contributed by atoms with Crippen LogP contribution in [0.5, 0.6) is 11.6 Å². The smallest absolute Gasteiger partial charge is 0.341 e. The van der Waals surface area contributed by atoms with Crippen LogP contribution in [-0.2, 0) is 22.4 Å². The summed E-state index contributed by atoms with van der Waals surface area (Å²) in [5.41, 5.74) is 1.68. The number of pyridine rings is 1. The minimum absolute atomic E-state index is 0.0422. The number of carbonyl (C=O) groups excluding carboxylic acids is 2. The molecule has 3 aromatic heterocycles. The highest BCUT2D eigenvalue weighted by Gasteiger charge is 2.28. The second-order valence-electron chi connectivity index (χ2n) is 9.24. The molecule has 0 spiro atoms. The van der Waals surface area contributed by atoms with E-state index in [4.69, 9.17) is 9.47 Å². The van der Waals surface area contributed by atoms with Crippen LogP contribution in [0.4, 0.5) is 5.00 Å². The number of fused-ring (bicyclic) bond motifs is 2. The lowest BCUT2D eigenvalue weighted by atomic mass is 9.95. The van der Waals surface area contributed by atoms with Gasteiger partial charge in [-0.1, -0.05) is 23.8 Å². The fraction of sp³-hybridized carbons (Fsp3) is 0.233. The molecule has 0 atom stereocenters. The molecule has 1 aliphatic rings. The van der Waals surface area contributed by atoms with Crippen LogP contribution in [0.2, 0.25) is 0 Å². The minimum Gasteiger partial charge on any atom is -0.462 e. The molecule has 0 unspecified atom stereocenters. The third-order valence-corrected chi connectivity index (χ3v) is 7.71. The molecule has 1 N–H and O–H groups in total. The van der Waals surface area contributed by atoms with Gasteiger partial charge >= 0.3 is 5.97 Å². The Kier molecular flexibility index (Phi) is 7.75. The Morgan fingerprint density at radius 3 is 2.70 bits per heavy atom. The zero-order valence-corrected chi connectivity index (χ0v) is 22.8. The molecule has 1 aliphatic carbocycles. The summed E-state index contributed by atoms with van der Waals surface area (Å²) in [4.78, 5) is 45.1. The molecule has 0 saturated carbocycles. The van der Waals surface area contributed by atoms with E-state index in [2.05, 4.69) is 10.3 Å². The number of amides is 1. The number of hydrogen-bond acceptors (Lipinski definition) is 8. The number of esters is 1. The Balaban J connectivity index is 1.55. The van der Waals surface area contributed by atoms with Crippen molar-refractivity contribution in [3.8, 4) is 17.7 Å². The topological polar surface area (TPSA) is 123 Å². The first kappa shape index (κ1) is 26.8. The van der Waals surface area contributed by atoms with Gasteiger partial charge in [-0.25, -0.2) is 4.79 Å². The van der Waals surface area contributed by atoms with Gasteiger partial charge in [-0.05, 0) is 75.4 Å². The molecule has 202 valence electrons. The first-order chi connectivity index (χ1) is 19.4. The second kappa shape index (κ2) is 11.6. The van der Waals surface area contributed by atoms with Crippen LogP contribution in [0, 0.1) is 18.3 Å². The summed E-state index contributed by atoms with van der Waals surface area (Å²) < 4.78 is 12.5. The van der Waals surface area contributed by atoms with Crippen LogP contribution >= 0.6 is 11.3 Å². The summed E-state index contributed by atoms with van der Waals surface area (Å²) in [5.74, 6) is -0.867. The monoisotopic (exact) mass is 554 g/mol. The first-order valence-electron chi connectivity index (χ1n) is 12.9. The number of nitrogens with zero attached hydrogens (tertiary/aromatic N) is 3. The van der Waals surface area contributed by atoms with E-state index in [-0.39, 0.29) is 23.6 Å². The predicted octanol–water partition coefficient (Wildman–Crippen LogP) is 5.46. The van der Waals surface area contributed by atoms with Crippen molar-refractivity contribution >= 4 is 39.9 Å². The van der Waals surface area contributed by atoms with Crippen LogP contribution < -0.4 is 15.6 Å². The molecule has 1 amide bonds. The highest BCUT2D eigenvalue weighted by Crippen LogP contribution is 2.39. The number of anilines is 1. The number of aromatic nitrogens is 2. The maximum Gasteiger partial charge on any atom is 0.341 e. The van der Waals surface area contributed by atoms with Gasteiger partial charge in [0.05, 0.1) is 12.2 Å². The van der Waals surface area contributed by atoms with Crippen molar-refractivity contribution < 1.29 is 19.1 Å². The third-order valence-electron chi connectivity index (χ3n) is 6.50. The van der Waals surface area contributed by atoms with E-state index in [1.165, 1.54) is 21.8 Å². The van der Waals surface area contributed by atoms with E-state index in [1.807, 2.05) is 25.1 Å². The van der Waals surface area contributed by atoms with E-state index in [0.717, 1.165) is 41.7 Å². The molecule has 10 heteroatoms. The largest absolute Gasteiger partial charge is 0.462 e. The summed E-state index contributed by atoms with van der Waals surface area (Å²) in [5, 5.41) is 13.0. The molecule has 0 aliphatic heterocycles. The molecule has 0 radical (unpaired) electrons. The van der Waals surface area contributed by atoms with E-state index < -0.39 is 17.4 Å². The maximum absolute atomic E-state index is 13.5. The van der Waals surface area contributed by atoms with Gasteiger partial charge in [0, 0.05) is 11.1 Å². The third kappa shape index (κ3) is 5.37. The maximum atomic E-state index is 13.5. The highest BCUT2D eigenvalue weighted by molar-refractivity contribution is 7.17. The zero-order valence-electron chi connectivity index (χ0n) is 22.0. The molecule has 0 fully saturated rings. The van der Waals surface area contributed by atoms with Crippen molar-refractivity contribution in [2.75, 3.05) is 11.9 Å². The summed E-state index contributed by atoms with van der Waals surface area (Å²) in [6.45, 7) is 3.86. The fourth-order valence-corrected chi connectivity index (χ4v) is 5.81. The van der Waals surface area contributed by atoms with Crippen LogP contribution in [0.25, 0.3) is 11.7 Å². The fourth-order valence-electron chi connectivity index (χ4n) is 4.54. The Hall–Kier alpha value is -4.75. The normalized spacial score (nSPS) is 12.9. The van der Waals surface area contributed by atoms with Crippen molar-refractivity contribution in [1.29, 1.82) is 5.26 Å². The summed E-state index contributed by atoms with van der Waals surface area (Å²) in [6, 6.07) is 14.2. The van der Waals surface area contributed by atoms with Crippen molar-refractivity contribution in [3.05, 3.63) is 91.7 Å². The minimum atomic E-state index is -0.759. The van der Waals surface area contributed by atoms with Gasteiger partial charge in [0.25, 0.3) is 11.5 Å². The van der Waals surface area contributed by atoms with Crippen LogP contribution in [0.1, 0.15) is 51.7 Å². The van der Waals surface area contributed by atoms with E-state index >= 15 is 0 Å². The van der Waals surface area contributed by atoms with Crippen molar-refractivity contribution in [3.63, 3.8) is 0 Å². The van der Waals surface area contributed by atoms with Gasteiger partial charge in [-0.2, -0.15) is 10.2 Å². The number of aryl methyl sites for hydroxylation is 2. The Bertz CT molecular complexity index is 1740. The molecular formula is C30H26N4O5S. The van der Waals surface area contributed by atoms with Gasteiger partial charge in [0.15, 0.2) is 0 Å². The molecule has 0 bridgehead atoms. The molecule has 1 aromatic carbocycles. The zero-order chi connectivity index (χ0) is 28.2. The lowest BCUT2D eigenvalue weighted by Gasteiger charge is -2.12. The average Bonchev–Trinajstić information content (AvgIpc) is 3.32. The lowest BCUT2D eigenvalue weighted by Crippen LogP contribution is -2.20. The Morgan fingerprint density at radius 2 is 1.95 bits per heavy atom. The number of thiophene rings is 1. The van der Waals surface area contributed by atoms with Crippen LogP contribution in [-0.4, -0.2) is 27.9 Å². The number of benzene rings is 1. The van der Waals surface area contributed by atoms with Crippen molar-refractivity contribution in [2.24, 2.45) is 0 Å². The molecule has 5 rings (SSSR count). The van der Waals surface area contributed by atoms with E-state index in [1.54, 1.807) is 43.5 Å². The van der Waals surface area contributed by atoms with Crippen LogP contribution in [0.3, 0.4) is 0 Å². The molecule has 40 heavy (non-hydrogen) atoms. The standard InChI is InChI=1S/C30H26N4O5S/c1-3-38-30(37)25-21-8-4-5-9-23(21)40-28(25)33-26(35)19(17-31)16-22-27(39-20-13-11-18(2)12-14-20)32-24-10-6-7-15-34(24)29(22)36/h6-7,10-16H,3-5,8-9H2,1-2H3,(H,33,35)/b19-16+. The van der Waals surface area contributed by atoms with Gasteiger partial charge in [-0.15, -0.1) is 11.3 Å². The number of rotatable bonds is 7. The SMILES string of the molecule is CCOC(=O)c1c(NC(=O)/C(C#N)=C/c2c(Oc3ccc(C)cc3)nc3ccccn3c2=O)sc2c1CCCC2. The predicted molar refractivity (Wildman–Crippen MR) is 152 cm³/mol. The van der Waals surface area contributed by atoms with Crippen molar-refractivity contribution in [2.45, 2.75) is 39.5 Å². The lowest BCUT2D eigenvalue weighted by molar-refractivity contribution is -0.112. The summed E-state index contributed by atoms with van der Waals surface area (Å²) >= 11 is 1.32. The average molecular weight is 555 g/mol. The number of carbonyl (C=O) groups is 2. The Labute approximate surface area is 234 Å². The van der Waals surface area contributed by atoms with Gasteiger partial charge in [-0.3, -0.25) is 14.0 Å². The van der Waals surface area contributed by atoms with Gasteiger partial charge in [0.2, 0.25) is 5.88 Å². The highest BCUT2D eigenvalue weighted by atomic mass is 32.1. The molecule has 9 nitrogen and oxygen atoms in total. The van der Waals surface area contributed by atoms with E-state index in [9.17, 15) is 19.6 Å². The van der Waals surface area contributed by atoms with Gasteiger partial charge in [0.1, 0.15) is 33.6 Å². The molecule has 0 saturated heterocycles. The molecule has 3 heterocycles. The van der Waals surface area contributed by atoms with Crippen molar-refractivity contribution in [1.82, 2.24) is 9.38 Å². The van der Waals surface area contributed by atoms with Gasteiger partial charge < -0.3 is 14.8 Å². The molecule has 4 aromatic rings. The summed E-state index contributed by atoms with van der Waals surface area (Å²) in [7, 11) is 0. The summed E-state index contributed by atoms with van der Waals surface area (Å²) in [6.07, 6.45) is 6.18. The first-order valence-corrected chi connectivity index (χ1v) is 13.7. The number of ether oxygens (including phenoxy) is 2. The van der Waals surface area contributed by atoms with Crippen LogP contribution in [0.15, 0.2) is 59.0 Å². The Morgan fingerprint density at radius 1 is 1.18 bits per heavy atom. The second-order valence-corrected chi connectivity index (χ2v) is 10.3. The number of nitrogens with one attached hydrogen (secondary N) is 1. The molecular weight excluding hydrogens is 528 g/mol. The number of hydrogen-bond donors (Lipinski definition) is 1.